The lowest BCUT2D eigenvalue weighted by atomic mass is 9.92. The number of rotatable bonds is 2. The Bertz CT molecular complexity index is 509. The van der Waals surface area contributed by atoms with Crippen molar-refractivity contribution in [3.05, 3.63) is 34.2 Å². The van der Waals surface area contributed by atoms with Crippen molar-refractivity contribution in [1.29, 1.82) is 0 Å². The minimum atomic E-state index is -0.606. The van der Waals surface area contributed by atoms with E-state index in [0.29, 0.717) is 5.70 Å². The molecule has 0 radical (unpaired) electrons. The lowest BCUT2D eigenvalue weighted by Gasteiger charge is -2.32. The third kappa shape index (κ3) is 2.11. The Hall–Kier alpha value is -1.82. The first-order chi connectivity index (χ1) is 8.54. The fraction of sp³-hybridized carbons (Fsp3) is 0.333. The van der Waals surface area contributed by atoms with Gasteiger partial charge in [-0.2, -0.15) is 0 Å². The van der Waals surface area contributed by atoms with Crippen molar-refractivity contribution in [2.24, 2.45) is 5.92 Å². The van der Waals surface area contributed by atoms with Gasteiger partial charge in [-0.25, -0.2) is 4.79 Å². The summed E-state index contributed by atoms with van der Waals surface area (Å²) in [7, 11) is 1.32. The van der Waals surface area contributed by atoms with Crippen LogP contribution in [-0.4, -0.2) is 19.1 Å². The molecule has 0 bridgehead atoms. The van der Waals surface area contributed by atoms with E-state index in [1.165, 1.54) is 18.4 Å². The largest absolute Gasteiger partial charge is 0.468 e. The number of hydrogen-bond donors (Lipinski definition) is 2. The zero-order valence-electron chi connectivity index (χ0n) is 10.1. The van der Waals surface area contributed by atoms with Gasteiger partial charge >= 0.3 is 12.0 Å². The zero-order chi connectivity index (χ0) is 13.3. The van der Waals surface area contributed by atoms with Crippen LogP contribution in [0, 0.1) is 12.8 Å². The molecule has 1 fully saturated rings. The number of urea groups is 1. The predicted octanol–water partition coefficient (Wildman–Crippen LogP) is 1.71. The lowest BCUT2D eigenvalue weighted by Crippen LogP contribution is -2.50. The Morgan fingerprint density at radius 1 is 1.56 bits per heavy atom. The molecule has 1 aliphatic heterocycles. The van der Waals surface area contributed by atoms with Gasteiger partial charge in [-0.05, 0) is 23.9 Å². The van der Waals surface area contributed by atoms with E-state index >= 15 is 0 Å². The molecule has 18 heavy (non-hydrogen) atoms. The van der Waals surface area contributed by atoms with Gasteiger partial charge in [0.25, 0.3) is 0 Å². The molecule has 0 saturated carbocycles. The number of thiophene rings is 1. The molecule has 2 N–H and O–H groups in total. The molecular weight excluding hydrogens is 252 g/mol. The average molecular weight is 266 g/mol. The van der Waals surface area contributed by atoms with Crippen molar-refractivity contribution in [3.63, 3.8) is 0 Å². The van der Waals surface area contributed by atoms with Gasteiger partial charge in [0.15, 0.2) is 0 Å². The van der Waals surface area contributed by atoms with E-state index in [1.54, 1.807) is 0 Å². The van der Waals surface area contributed by atoms with Gasteiger partial charge in [0.1, 0.15) is 5.92 Å². The van der Waals surface area contributed by atoms with Gasteiger partial charge in [0.2, 0.25) is 0 Å². The van der Waals surface area contributed by atoms with E-state index in [1.807, 2.05) is 18.4 Å². The summed E-state index contributed by atoms with van der Waals surface area (Å²) in [5.74, 6) is -1.02. The number of methoxy groups -OCH3 is 1. The maximum atomic E-state index is 11.8. The molecule has 1 saturated heterocycles. The maximum Gasteiger partial charge on any atom is 0.319 e. The van der Waals surface area contributed by atoms with Crippen molar-refractivity contribution in [2.45, 2.75) is 13.0 Å². The van der Waals surface area contributed by atoms with Crippen LogP contribution in [0.2, 0.25) is 0 Å². The number of carbonyl (C=O) groups is 2. The normalized spacial score (nSPS) is 23.2. The Kier molecular flexibility index (Phi) is 3.38. The molecule has 2 rings (SSSR count). The SMILES string of the molecule is C=C1NC(=O)NC(c2sccc2C)C1C(=O)OC. The van der Waals surface area contributed by atoms with Crippen LogP contribution in [0.1, 0.15) is 16.5 Å². The molecule has 6 heteroatoms. The van der Waals surface area contributed by atoms with Crippen molar-refractivity contribution >= 4 is 23.3 Å². The summed E-state index contributed by atoms with van der Waals surface area (Å²) in [5.41, 5.74) is 1.40. The monoisotopic (exact) mass is 266 g/mol. The van der Waals surface area contributed by atoms with Crippen molar-refractivity contribution < 1.29 is 14.3 Å². The van der Waals surface area contributed by atoms with Crippen LogP contribution in [-0.2, 0) is 9.53 Å². The number of esters is 1. The molecule has 0 aromatic carbocycles. The third-order valence-corrected chi connectivity index (χ3v) is 4.01. The van der Waals surface area contributed by atoms with Gasteiger partial charge in [-0.1, -0.05) is 6.58 Å². The van der Waals surface area contributed by atoms with E-state index in [2.05, 4.69) is 17.2 Å². The summed E-state index contributed by atoms with van der Waals surface area (Å²) < 4.78 is 4.78. The molecule has 1 aromatic heterocycles. The first-order valence-corrected chi connectivity index (χ1v) is 6.30. The van der Waals surface area contributed by atoms with Gasteiger partial charge in [0.05, 0.1) is 13.2 Å². The Morgan fingerprint density at radius 3 is 2.83 bits per heavy atom. The molecule has 96 valence electrons. The van der Waals surface area contributed by atoms with Crippen LogP contribution < -0.4 is 10.6 Å². The van der Waals surface area contributed by atoms with Gasteiger partial charge < -0.3 is 15.4 Å². The van der Waals surface area contributed by atoms with Crippen LogP contribution in [0.5, 0.6) is 0 Å². The standard InChI is InChI=1S/C12H14N2O3S/c1-6-4-5-18-10(6)9-8(11(15)17-3)7(2)13-12(16)14-9/h4-5,8-9H,2H2,1,3H3,(H2,13,14,16). The second-order valence-electron chi connectivity index (χ2n) is 4.07. The number of amides is 2. The van der Waals surface area contributed by atoms with E-state index < -0.39 is 17.9 Å². The second-order valence-corrected chi connectivity index (χ2v) is 5.02. The van der Waals surface area contributed by atoms with Gasteiger partial charge in [0, 0.05) is 10.6 Å². The number of nitrogens with one attached hydrogen (secondary N) is 2. The van der Waals surface area contributed by atoms with Crippen LogP contribution in [0.3, 0.4) is 0 Å². The minimum absolute atomic E-state index is 0.349. The Balaban J connectivity index is 2.39. The fourth-order valence-corrected chi connectivity index (χ4v) is 3.03. The quantitative estimate of drug-likeness (QED) is 0.801. The highest BCUT2D eigenvalue weighted by molar-refractivity contribution is 7.10. The van der Waals surface area contributed by atoms with Crippen LogP contribution >= 0.6 is 11.3 Å². The predicted molar refractivity (Wildman–Crippen MR) is 68.1 cm³/mol. The van der Waals surface area contributed by atoms with Crippen LogP contribution in [0.15, 0.2) is 23.7 Å². The molecule has 0 spiro atoms. The van der Waals surface area contributed by atoms with E-state index in [9.17, 15) is 9.59 Å². The smallest absolute Gasteiger partial charge is 0.319 e. The summed E-state index contributed by atoms with van der Waals surface area (Å²) in [4.78, 5) is 24.3. The van der Waals surface area contributed by atoms with Crippen molar-refractivity contribution in [1.82, 2.24) is 10.6 Å². The van der Waals surface area contributed by atoms with Crippen LogP contribution in [0.4, 0.5) is 4.79 Å². The van der Waals surface area contributed by atoms with Crippen molar-refractivity contribution in [2.75, 3.05) is 7.11 Å². The highest BCUT2D eigenvalue weighted by atomic mass is 32.1. The van der Waals surface area contributed by atoms with Crippen molar-refractivity contribution in [3.8, 4) is 0 Å². The van der Waals surface area contributed by atoms with Crippen LogP contribution in [0.25, 0.3) is 0 Å². The molecule has 2 unspecified atom stereocenters. The first kappa shape index (κ1) is 12.6. The van der Waals surface area contributed by atoms with E-state index in [0.717, 1.165) is 10.4 Å². The molecule has 2 amide bonds. The third-order valence-electron chi connectivity index (χ3n) is 2.91. The molecule has 0 aliphatic carbocycles. The summed E-state index contributed by atoms with van der Waals surface area (Å²) in [6.07, 6.45) is 0. The van der Waals surface area contributed by atoms with Gasteiger partial charge in [-0.3, -0.25) is 4.79 Å². The first-order valence-electron chi connectivity index (χ1n) is 5.42. The summed E-state index contributed by atoms with van der Waals surface area (Å²) in [6.45, 7) is 5.68. The summed E-state index contributed by atoms with van der Waals surface area (Å²) in [6, 6.07) is 1.18. The lowest BCUT2D eigenvalue weighted by molar-refractivity contribution is -0.145. The Labute approximate surface area is 109 Å². The van der Waals surface area contributed by atoms with E-state index in [-0.39, 0.29) is 6.03 Å². The molecule has 2 atom stereocenters. The Morgan fingerprint density at radius 2 is 2.28 bits per heavy atom. The highest BCUT2D eigenvalue weighted by Gasteiger charge is 2.39. The molecule has 2 heterocycles. The molecule has 1 aromatic rings. The number of ether oxygens (including phenoxy) is 1. The number of hydrogen-bond acceptors (Lipinski definition) is 4. The fourth-order valence-electron chi connectivity index (χ4n) is 2.01. The molecular formula is C12H14N2O3S. The topological polar surface area (TPSA) is 67.4 Å². The minimum Gasteiger partial charge on any atom is -0.468 e. The van der Waals surface area contributed by atoms with Gasteiger partial charge in [-0.15, -0.1) is 11.3 Å². The number of aryl methyl sites for hydroxylation is 1. The zero-order valence-corrected chi connectivity index (χ0v) is 11.0. The average Bonchev–Trinajstić information content (AvgIpc) is 2.73. The molecule has 1 aliphatic rings. The number of carbonyl (C=O) groups excluding carboxylic acids is 2. The highest BCUT2D eigenvalue weighted by Crippen LogP contribution is 2.34. The summed E-state index contributed by atoms with van der Waals surface area (Å²) >= 11 is 1.50. The maximum absolute atomic E-state index is 11.8. The second kappa shape index (κ2) is 4.81. The van der Waals surface area contributed by atoms with E-state index in [4.69, 9.17) is 4.74 Å². The summed E-state index contributed by atoms with van der Waals surface area (Å²) in [5, 5.41) is 7.20. The molecule has 5 nitrogen and oxygen atoms in total.